The van der Waals surface area contributed by atoms with Gasteiger partial charge >= 0.3 is 0 Å². The highest BCUT2D eigenvalue weighted by molar-refractivity contribution is 8.26. The van der Waals surface area contributed by atoms with E-state index in [2.05, 4.69) is 11.4 Å². The van der Waals surface area contributed by atoms with Gasteiger partial charge in [0.05, 0.1) is 12.0 Å². The smallest absolute Gasteiger partial charge is 0.270 e. The number of pyridine rings is 1. The number of carbonyl (C=O) groups excluding carboxylic acids is 1. The molecule has 1 aromatic heterocycles. The second kappa shape index (κ2) is 12.0. The monoisotopic (exact) mass is 536 g/mol. The van der Waals surface area contributed by atoms with Crippen LogP contribution in [-0.4, -0.2) is 32.8 Å². The number of nitriles is 1. The lowest BCUT2D eigenvalue weighted by molar-refractivity contribution is -0.124. The molecule has 7 nitrogen and oxygen atoms in total. The van der Waals surface area contributed by atoms with Crippen molar-refractivity contribution in [2.75, 3.05) is 12.4 Å². The van der Waals surface area contributed by atoms with Gasteiger partial charge in [-0.15, -0.1) is 0 Å². The van der Waals surface area contributed by atoms with Gasteiger partial charge < -0.3 is 10.1 Å². The van der Waals surface area contributed by atoms with Crippen LogP contribution in [-0.2, 0) is 17.9 Å². The van der Waals surface area contributed by atoms with Crippen molar-refractivity contribution in [3.8, 4) is 11.8 Å². The number of aromatic nitrogens is 1. The number of carbonyl (C=O) groups is 1. The minimum Gasteiger partial charge on any atom is -0.497 e. The van der Waals surface area contributed by atoms with Gasteiger partial charge in [-0.1, -0.05) is 62.3 Å². The fourth-order valence-electron chi connectivity index (χ4n) is 4.98. The number of thiocarbonyl (C=S) groups is 1. The Kier molecular flexibility index (Phi) is 8.72. The number of hydrogen-bond donors (Lipinski definition) is 1. The van der Waals surface area contributed by atoms with Crippen molar-refractivity contribution in [3.05, 3.63) is 61.8 Å². The fourth-order valence-corrected chi connectivity index (χ4v) is 6.37. The van der Waals surface area contributed by atoms with E-state index in [4.69, 9.17) is 17.0 Å². The summed E-state index contributed by atoms with van der Waals surface area (Å²) in [6.07, 6.45) is 7.86. The molecule has 9 heteroatoms. The Hall–Kier alpha value is -3.09. The van der Waals surface area contributed by atoms with Crippen LogP contribution in [0, 0.1) is 18.3 Å². The van der Waals surface area contributed by atoms with E-state index in [0.29, 0.717) is 45.7 Å². The van der Waals surface area contributed by atoms with E-state index in [0.717, 1.165) is 37.0 Å². The lowest BCUT2D eigenvalue weighted by Crippen LogP contribution is -2.39. The normalized spacial score (nSPS) is 17.4. The molecule has 1 N–H and O–H groups in total. The maximum absolute atomic E-state index is 13.5. The van der Waals surface area contributed by atoms with Crippen LogP contribution in [0.5, 0.6) is 5.75 Å². The zero-order valence-corrected chi connectivity index (χ0v) is 23.1. The van der Waals surface area contributed by atoms with Crippen molar-refractivity contribution in [1.29, 1.82) is 5.26 Å². The number of benzene rings is 1. The van der Waals surface area contributed by atoms with Crippen molar-refractivity contribution in [1.82, 2.24) is 9.47 Å². The van der Waals surface area contributed by atoms with E-state index < -0.39 is 0 Å². The molecule has 0 bridgehead atoms. The largest absolute Gasteiger partial charge is 0.497 e. The second-order valence-corrected chi connectivity index (χ2v) is 11.1. The number of methoxy groups -OCH3 is 1. The minimum atomic E-state index is -0.328. The molecule has 0 unspecified atom stereocenters. The quantitative estimate of drug-likeness (QED) is 0.347. The first-order valence-electron chi connectivity index (χ1n) is 12.7. The van der Waals surface area contributed by atoms with E-state index in [1.807, 2.05) is 31.2 Å². The number of amides is 1. The molecule has 0 spiro atoms. The first kappa shape index (κ1) is 27.0. The molecule has 2 fully saturated rings. The Morgan fingerprint density at radius 2 is 1.92 bits per heavy atom. The maximum Gasteiger partial charge on any atom is 0.270 e. The zero-order chi connectivity index (χ0) is 26.5. The average Bonchev–Trinajstić information content (AvgIpc) is 3.19. The summed E-state index contributed by atoms with van der Waals surface area (Å²) in [7, 11) is 1.62. The summed E-state index contributed by atoms with van der Waals surface area (Å²) in [6, 6.07) is 9.92. The number of nitrogens with zero attached hydrogens (tertiary/aromatic N) is 3. The molecule has 1 aromatic carbocycles. The van der Waals surface area contributed by atoms with E-state index in [9.17, 15) is 14.9 Å². The van der Waals surface area contributed by atoms with Crippen LogP contribution in [0.25, 0.3) is 6.08 Å². The van der Waals surface area contributed by atoms with Gasteiger partial charge in [0.1, 0.15) is 27.5 Å². The SMILES string of the molecule is CCCn1c(NCc2ccc(OC)cc2)c(/C=C2/SC(=S)N(C3CCCCC3)C2=O)c(C)c(C#N)c1=O. The van der Waals surface area contributed by atoms with Crippen LogP contribution in [0.2, 0.25) is 0 Å². The first-order chi connectivity index (χ1) is 17.9. The molecule has 1 aliphatic heterocycles. The van der Waals surface area contributed by atoms with E-state index in [1.165, 1.54) is 18.2 Å². The molecule has 37 heavy (non-hydrogen) atoms. The van der Waals surface area contributed by atoms with Gasteiger partial charge in [-0.05, 0) is 55.5 Å². The number of thioether (sulfide) groups is 1. The molecule has 4 rings (SSSR count). The molecule has 0 radical (unpaired) electrons. The Morgan fingerprint density at radius 1 is 1.22 bits per heavy atom. The molecule has 2 aliphatic rings. The Balaban J connectivity index is 1.76. The lowest BCUT2D eigenvalue weighted by atomic mass is 9.94. The standard InChI is InChI=1S/C28H32N4O3S2/c1-4-14-31-25(30-17-19-10-12-21(35-3)13-11-19)22(18(2)23(16-29)26(31)33)15-24-27(34)32(28(36)37-24)20-8-6-5-7-9-20/h10-13,15,20,30H,4-9,14,17H2,1-3H3/b24-15+. The highest BCUT2D eigenvalue weighted by Crippen LogP contribution is 2.38. The molecular weight excluding hydrogens is 504 g/mol. The van der Waals surface area contributed by atoms with Gasteiger partial charge in [-0.3, -0.25) is 19.1 Å². The van der Waals surface area contributed by atoms with Gasteiger partial charge in [0.25, 0.3) is 11.5 Å². The molecule has 2 aromatic rings. The van der Waals surface area contributed by atoms with Gasteiger partial charge in [0.2, 0.25) is 0 Å². The molecule has 0 atom stereocenters. The first-order valence-corrected chi connectivity index (χ1v) is 13.9. The molecule has 194 valence electrons. The van der Waals surface area contributed by atoms with Gasteiger partial charge in [0, 0.05) is 24.7 Å². The maximum atomic E-state index is 13.5. The third-order valence-corrected chi connectivity index (χ3v) is 8.31. The van der Waals surface area contributed by atoms with Crippen LogP contribution in [0.15, 0.2) is 34.0 Å². The summed E-state index contributed by atoms with van der Waals surface area (Å²) in [5.41, 5.74) is 2.00. The van der Waals surface area contributed by atoms with Gasteiger partial charge in [-0.2, -0.15) is 5.26 Å². The average molecular weight is 537 g/mol. The van der Waals surface area contributed by atoms with Crippen LogP contribution >= 0.6 is 24.0 Å². The number of hydrogen-bond acceptors (Lipinski definition) is 7. The van der Waals surface area contributed by atoms with Crippen molar-refractivity contribution in [2.24, 2.45) is 0 Å². The summed E-state index contributed by atoms with van der Waals surface area (Å²) in [4.78, 5) is 29.1. The molecule has 1 saturated carbocycles. The number of anilines is 1. The van der Waals surface area contributed by atoms with Gasteiger partial charge in [0.15, 0.2) is 0 Å². The highest BCUT2D eigenvalue weighted by Gasteiger charge is 2.37. The van der Waals surface area contributed by atoms with Gasteiger partial charge in [-0.25, -0.2) is 0 Å². The van der Waals surface area contributed by atoms with Crippen molar-refractivity contribution < 1.29 is 9.53 Å². The van der Waals surface area contributed by atoms with Crippen LogP contribution in [0.4, 0.5) is 5.82 Å². The Morgan fingerprint density at radius 3 is 2.54 bits per heavy atom. The van der Waals surface area contributed by atoms with Crippen molar-refractivity contribution >= 4 is 46.1 Å². The third-order valence-electron chi connectivity index (χ3n) is 6.98. The van der Waals surface area contributed by atoms with Crippen LogP contribution < -0.4 is 15.6 Å². The Bertz CT molecular complexity index is 1320. The summed E-state index contributed by atoms with van der Waals surface area (Å²) >= 11 is 6.92. The Labute approximate surface area is 227 Å². The second-order valence-electron chi connectivity index (χ2n) is 9.38. The number of ether oxygens (including phenoxy) is 1. The van der Waals surface area contributed by atoms with Crippen molar-refractivity contribution in [3.63, 3.8) is 0 Å². The van der Waals surface area contributed by atoms with Crippen LogP contribution in [0.3, 0.4) is 0 Å². The lowest BCUT2D eigenvalue weighted by Gasteiger charge is -2.29. The molecule has 1 amide bonds. The van der Waals surface area contributed by atoms with E-state index in [-0.39, 0.29) is 23.1 Å². The summed E-state index contributed by atoms with van der Waals surface area (Å²) in [6.45, 7) is 4.66. The molecule has 1 saturated heterocycles. The number of nitrogens with one attached hydrogen (secondary N) is 1. The summed E-state index contributed by atoms with van der Waals surface area (Å²) in [5.74, 6) is 1.28. The fraction of sp³-hybridized carbons (Fsp3) is 0.429. The zero-order valence-electron chi connectivity index (χ0n) is 21.5. The molecule has 1 aliphatic carbocycles. The van der Waals surface area contributed by atoms with E-state index in [1.54, 1.807) is 29.6 Å². The molecular formula is C28H32N4O3S2. The predicted molar refractivity (Wildman–Crippen MR) is 153 cm³/mol. The highest BCUT2D eigenvalue weighted by atomic mass is 32.2. The van der Waals surface area contributed by atoms with Crippen molar-refractivity contribution in [2.45, 2.75) is 71.5 Å². The predicted octanol–water partition coefficient (Wildman–Crippen LogP) is 5.59. The summed E-state index contributed by atoms with van der Waals surface area (Å²) in [5, 5.41) is 13.2. The third kappa shape index (κ3) is 5.60. The topological polar surface area (TPSA) is 87.4 Å². The van der Waals surface area contributed by atoms with E-state index >= 15 is 0 Å². The summed E-state index contributed by atoms with van der Waals surface area (Å²) < 4.78 is 7.45. The van der Waals surface area contributed by atoms with Crippen LogP contribution in [0.1, 0.15) is 67.7 Å². The minimum absolute atomic E-state index is 0.0887. The number of rotatable bonds is 8. The molecule has 2 heterocycles.